The van der Waals surface area contributed by atoms with E-state index < -0.39 is 0 Å². The zero-order valence-electron chi connectivity index (χ0n) is 12.8. The highest BCUT2D eigenvalue weighted by molar-refractivity contribution is 4.93. The molecule has 1 fully saturated rings. The van der Waals surface area contributed by atoms with E-state index in [0.29, 0.717) is 6.04 Å². The highest BCUT2D eigenvalue weighted by atomic mass is 15.3. The Hall–Kier alpha value is -0.120. The molecule has 0 aromatic heterocycles. The Kier molecular flexibility index (Phi) is 6.61. The molecule has 1 heterocycles. The molecule has 0 aromatic carbocycles. The number of hydrogen-bond acceptors (Lipinski definition) is 3. The summed E-state index contributed by atoms with van der Waals surface area (Å²) >= 11 is 0. The molecule has 108 valence electrons. The van der Waals surface area contributed by atoms with E-state index in [-0.39, 0.29) is 5.54 Å². The lowest BCUT2D eigenvalue weighted by molar-refractivity contribution is 0.0737. The minimum Gasteiger partial charge on any atom is -0.297 e. The van der Waals surface area contributed by atoms with Gasteiger partial charge in [-0.2, -0.15) is 0 Å². The van der Waals surface area contributed by atoms with Crippen molar-refractivity contribution in [2.45, 2.75) is 77.8 Å². The van der Waals surface area contributed by atoms with Crippen molar-refractivity contribution in [3.8, 4) is 0 Å². The highest BCUT2D eigenvalue weighted by Gasteiger charge is 2.35. The van der Waals surface area contributed by atoms with Gasteiger partial charge in [0.1, 0.15) is 0 Å². The van der Waals surface area contributed by atoms with E-state index in [1.54, 1.807) is 0 Å². The van der Waals surface area contributed by atoms with Gasteiger partial charge in [0.25, 0.3) is 0 Å². The third-order valence-electron chi connectivity index (χ3n) is 4.81. The van der Waals surface area contributed by atoms with Crippen molar-refractivity contribution in [3.05, 3.63) is 0 Å². The van der Waals surface area contributed by atoms with Crippen LogP contribution in [-0.4, -0.2) is 29.6 Å². The van der Waals surface area contributed by atoms with Gasteiger partial charge in [0, 0.05) is 11.6 Å². The molecule has 0 amide bonds. The van der Waals surface area contributed by atoms with Crippen LogP contribution in [0, 0.1) is 5.92 Å². The summed E-state index contributed by atoms with van der Waals surface area (Å²) in [6.07, 6.45) is 7.84. The molecule has 0 radical (unpaired) electrons. The van der Waals surface area contributed by atoms with E-state index in [4.69, 9.17) is 5.84 Å². The second-order valence-electron chi connectivity index (χ2n) is 6.52. The quantitative estimate of drug-likeness (QED) is 0.566. The van der Waals surface area contributed by atoms with Gasteiger partial charge in [0.05, 0.1) is 0 Å². The first kappa shape index (κ1) is 15.9. The SMILES string of the molecule is CCC(C)CC(NN)C(C)(C)N1CCCCCC1. The monoisotopic (exact) mass is 255 g/mol. The fraction of sp³-hybridized carbons (Fsp3) is 1.00. The maximum absolute atomic E-state index is 5.83. The molecule has 0 bridgehead atoms. The Morgan fingerprint density at radius 2 is 1.72 bits per heavy atom. The van der Waals surface area contributed by atoms with Gasteiger partial charge in [0.15, 0.2) is 0 Å². The summed E-state index contributed by atoms with van der Waals surface area (Å²) in [6.45, 7) is 11.7. The number of nitrogens with zero attached hydrogens (tertiary/aromatic N) is 1. The standard InChI is InChI=1S/C15H33N3/c1-5-13(2)12-14(17-16)15(3,4)18-10-8-6-7-9-11-18/h13-14,17H,5-12,16H2,1-4H3. The summed E-state index contributed by atoms with van der Waals surface area (Å²) in [5.74, 6) is 6.56. The summed E-state index contributed by atoms with van der Waals surface area (Å²) < 4.78 is 0. The molecule has 3 heteroatoms. The molecule has 1 rings (SSSR count). The van der Waals surface area contributed by atoms with Crippen molar-refractivity contribution in [1.29, 1.82) is 0 Å². The van der Waals surface area contributed by atoms with Crippen LogP contribution >= 0.6 is 0 Å². The van der Waals surface area contributed by atoms with Crippen molar-refractivity contribution >= 4 is 0 Å². The first-order valence-corrected chi connectivity index (χ1v) is 7.73. The molecule has 3 nitrogen and oxygen atoms in total. The molecular formula is C15H33N3. The molecule has 1 aliphatic heterocycles. The van der Waals surface area contributed by atoms with E-state index >= 15 is 0 Å². The van der Waals surface area contributed by atoms with Crippen LogP contribution in [0.25, 0.3) is 0 Å². The summed E-state index contributed by atoms with van der Waals surface area (Å²) in [5.41, 5.74) is 3.24. The average molecular weight is 255 g/mol. The molecule has 0 saturated carbocycles. The third-order valence-corrected chi connectivity index (χ3v) is 4.81. The van der Waals surface area contributed by atoms with E-state index in [9.17, 15) is 0 Å². The number of hydrogen-bond donors (Lipinski definition) is 2. The predicted molar refractivity (Wildman–Crippen MR) is 79.3 cm³/mol. The fourth-order valence-electron chi connectivity index (χ4n) is 3.00. The Balaban J connectivity index is 2.66. The number of hydrazine groups is 1. The first-order valence-electron chi connectivity index (χ1n) is 7.73. The third kappa shape index (κ3) is 4.22. The van der Waals surface area contributed by atoms with Crippen LogP contribution in [0.5, 0.6) is 0 Å². The van der Waals surface area contributed by atoms with E-state index in [1.165, 1.54) is 45.2 Å². The maximum atomic E-state index is 5.83. The van der Waals surface area contributed by atoms with Crippen molar-refractivity contribution in [2.75, 3.05) is 13.1 Å². The van der Waals surface area contributed by atoms with E-state index in [2.05, 4.69) is 38.0 Å². The Morgan fingerprint density at radius 1 is 1.17 bits per heavy atom. The summed E-state index contributed by atoms with van der Waals surface area (Å²) in [5, 5.41) is 0. The van der Waals surface area contributed by atoms with Crippen LogP contribution in [0.2, 0.25) is 0 Å². The van der Waals surface area contributed by atoms with Gasteiger partial charge in [-0.1, -0.05) is 33.1 Å². The minimum absolute atomic E-state index is 0.155. The second-order valence-corrected chi connectivity index (χ2v) is 6.52. The zero-order valence-corrected chi connectivity index (χ0v) is 12.8. The lowest BCUT2D eigenvalue weighted by atomic mass is 9.85. The molecule has 0 aromatic rings. The van der Waals surface area contributed by atoms with E-state index in [1.807, 2.05) is 0 Å². The summed E-state index contributed by atoms with van der Waals surface area (Å²) in [4.78, 5) is 2.65. The number of rotatable bonds is 6. The van der Waals surface area contributed by atoms with Crippen LogP contribution in [-0.2, 0) is 0 Å². The maximum Gasteiger partial charge on any atom is 0.0391 e. The fourth-order valence-corrected chi connectivity index (χ4v) is 3.00. The normalized spacial score (nSPS) is 22.5. The zero-order chi connectivity index (χ0) is 13.6. The summed E-state index contributed by atoms with van der Waals surface area (Å²) in [7, 11) is 0. The first-order chi connectivity index (χ1) is 8.52. The molecule has 0 aliphatic carbocycles. The van der Waals surface area contributed by atoms with Crippen LogP contribution in [0.3, 0.4) is 0 Å². The smallest absolute Gasteiger partial charge is 0.0391 e. The van der Waals surface area contributed by atoms with Crippen LogP contribution in [0.15, 0.2) is 0 Å². The van der Waals surface area contributed by atoms with Gasteiger partial charge >= 0.3 is 0 Å². The summed E-state index contributed by atoms with van der Waals surface area (Å²) in [6, 6.07) is 0.380. The molecular weight excluding hydrogens is 222 g/mol. The molecule has 2 unspecified atom stereocenters. The van der Waals surface area contributed by atoms with Gasteiger partial charge in [-0.05, 0) is 52.1 Å². The number of nitrogens with one attached hydrogen (secondary N) is 1. The molecule has 3 N–H and O–H groups in total. The lowest BCUT2D eigenvalue weighted by Crippen LogP contribution is -2.60. The van der Waals surface area contributed by atoms with E-state index in [0.717, 1.165) is 12.3 Å². The van der Waals surface area contributed by atoms with Crippen LogP contribution in [0.4, 0.5) is 0 Å². The Bertz CT molecular complexity index is 220. The van der Waals surface area contributed by atoms with Crippen molar-refractivity contribution in [2.24, 2.45) is 11.8 Å². The van der Waals surface area contributed by atoms with Crippen LogP contribution < -0.4 is 11.3 Å². The van der Waals surface area contributed by atoms with Gasteiger partial charge in [-0.3, -0.25) is 16.2 Å². The van der Waals surface area contributed by atoms with Crippen molar-refractivity contribution in [3.63, 3.8) is 0 Å². The average Bonchev–Trinajstić information content (AvgIpc) is 2.64. The highest BCUT2D eigenvalue weighted by Crippen LogP contribution is 2.27. The molecule has 18 heavy (non-hydrogen) atoms. The number of likely N-dealkylation sites (tertiary alicyclic amines) is 1. The van der Waals surface area contributed by atoms with Crippen molar-refractivity contribution in [1.82, 2.24) is 10.3 Å². The molecule has 0 spiro atoms. The topological polar surface area (TPSA) is 41.3 Å². The largest absolute Gasteiger partial charge is 0.297 e. The second kappa shape index (κ2) is 7.46. The minimum atomic E-state index is 0.155. The Morgan fingerprint density at radius 3 is 2.17 bits per heavy atom. The van der Waals surface area contributed by atoms with Gasteiger partial charge in [0.2, 0.25) is 0 Å². The van der Waals surface area contributed by atoms with Gasteiger partial charge in [-0.15, -0.1) is 0 Å². The molecule has 1 aliphatic rings. The molecule has 1 saturated heterocycles. The lowest BCUT2D eigenvalue weighted by Gasteiger charge is -2.44. The van der Waals surface area contributed by atoms with Crippen molar-refractivity contribution < 1.29 is 0 Å². The van der Waals surface area contributed by atoms with Gasteiger partial charge in [-0.25, -0.2) is 0 Å². The predicted octanol–water partition coefficient (Wildman–Crippen LogP) is 2.91. The molecule has 2 atom stereocenters. The van der Waals surface area contributed by atoms with Gasteiger partial charge < -0.3 is 0 Å². The Labute approximate surface area is 113 Å². The number of nitrogens with two attached hydrogens (primary N) is 1. The van der Waals surface area contributed by atoms with Crippen LogP contribution in [0.1, 0.15) is 66.2 Å².